The van der Waals surface area contributed by atoms with Gasteiger partial charge in [-0.1, -0.05) is 60.5 Å². The van der Waals surface area contributed by atoms with Crippen LogP contribution in [0, 0.1) is 5.82 Å². The molecular formula is C28H30Cl2FN3O4S. The number of carbonyl (C=O) groups excluding carboxylic acids is 2. The van der Waals surface area contributed by atoms with E-state index in [-0.39, 0.29) is 33.2 Å². The molecule has 2 atom stereocenters. The fourth-order valence-electron chi connectivity index (χ4n) is 3.74. The molecule has 11 heteroatoms. The van der Waals surface area contributed by atoms with Gasteiger partial charge in [-0.15, -0.1) is 0 Å². The second-order valence-electron chi connectivity index (χ2n) is 9.06. The zero-order chi connectivity index (χ0) is 28.7. The predicted octanol–water partition coefficient (Wildman–Crippen LogP) is 5.66. The maximum Gasteiger partial charge on any atom is 0.264 e. The monoisotopic (exact) mass is 593 g/mol. The highest BCUT2D eigenvalue weighted by atomic mass is 35.5. The lowest BCUT2D eigenvalue weighted by Gasteiger charge is -2.32. The van der Waals surface area contributed by atoms with Crippen molar-refractivity contribution in [1.29, 1.82) is 0 Å². The molecule has 0 heterocycles. The van der Waals surface area contributed by atoms with Crippen LogP contribution < -0.4 is 9.62 Å². The van der Waals surface area contributed by atoms with Gasteiger partial charge in [0.2, 0.25) is 11.8 Å². The first-order valence-electron chi connectivity index (χ1n) is 12.3. The van der Waals surface area contributed by atoms with Crippen molar-refractivity contribution in [1.82, 2.24) is 10.2 Å². The zero-order valence-electron chi connectivity index (χ0n) is 21.8. The maximum atomic E-state index is 13.9. The molecule has 0 saturated carbocycles. The number of hydrogen-bond donors (Lipinski definition) is 1. The molecule has 0 aliphatic rings. The Morgan fingerprint density at radius 1 is 0.974 bits per heavy atom. The summed E-state index contributed by atoms with van der Waals surface area (Å²) < 4.78 is 42.0. The Labute approximate surface area is 238 Å². The third-order valence-corrected chi connectivity index (χ3v) is 8.55. The van der Waals surface area contributed by atoms with Crippen LogP contribution in [-0.4, -0.2) is 43.8 Å². The number of hydrogen-bond acceptors (Lipinski definition) is 4. The number of nitrogens with one attached hydrogen (secondary N) is 1. The van der Waals surface area contributed by atoms with Crippen LogP contribution in [-0.2, 0) is 26.2 Å². The fraction of sp³-hybridized carbons (Fsp3) is 0.286. The number of amides is 2. The zero-order valence-corrected chi connectivity index (χ0v) is 24.1. The molecule has 2 amide bonds. The first-order valence-corrected chi connectivity index (χ1v) is 14.5. The van der Waals surface area contributed by atoms with Gasteiger partial charge in [-0.3, -0.25) is 13.9 Å². The highest BCUT2D eigenvalue weighted by molar-refractivity contribution is 7.92. The standard InChI is InChI=1S/C28H30Cl2FN3O4S/c1-4-19(2)32-28(36)20(3)33(17-21-10-13-23(31)14-11-21)27(35)18-34(26-16-22(29)12-15-25(26)30)39(37,38)24-8-6-5-7-9-24/h5-16,19-20H,4,17-18H2,1-3H3,(H,32,36)/t19-,20+/m1/s1. The number of halogens is 3. The quantitative estimate of drug-likeness (QED) is 0.311. The summed E-state index contributed by atoms with van der Waals surface area (Å²) in [6, 6.07) is 16.3. The Morgan fingerprint density at radius 3 is 2.23 bits per heavy atom. The van der Waals surface area contributed by atoms with Gasteiger partial charge < -0.3 is 10.2 Å². The van der Waals surface area contributed by atoms with E-state index in [2.05, 4.69) is 5.32 Å². The van der Waals surface area contributed by atoms with E-state index >= 15 is 0 Å². The molecule has 0 spiro atoms. The molecule has 0 unspecified atom stereocenters. The van der Waals surface area contributed by atoms with Crippen LogP contribution in [0.25, 0.3) is 0 Å². The van der Waals surface area contributed by atoms with Crippen LogP contribution in [0.4, 0.5) is 10.1 Å². The van der Waals surface area contributed by atoms with Crippen LogP contribution in [0.15, 0.2) is 77.7 Å². The van der Waals surface area contributed by atoms with Crippen LogP contribution in [0.3, 0.4) is 0 Å². The van der Waals surface area contributed by atoms with Gasteiger partial charge in [0.1, 0.15) is 18.4 Å². The van der Waals surface area contributed by atoms with Gasteiger partial charge in [0, 0.05) is 17.6 Å². The number of nitrogens with zero attached hydrogens (tertiary/aromatic N) is 2. The van der Waals surface area contributed by atoms with Crippen LogP contribution in [0.5, 0.6) is 0 Å². The number of anilines is 1. The number of rotatable bonds is 11. The molecule has 0 bridgehead atoms. The highest BCUT2D eigenvalue weighted by Gasteiger charge is 2.33. The average molecular weight is 595 g/mol. The number of carbonyl (C=O) groups is 2. The molecule has 3 aromatic carbocycles. The molecule has 208 valence electrons. The lowest BCUT2D eigenvalue weighted by atomic mass is 10.1. The third kappa shape index (κ3) is 7.71. The van der Waals surface area contributed by atoms with Gasteiger partial charge in [0.05, 0.1) is 15.6 Å². The van der Waals surface area contributed by atoms with Gasteiger partial charge in [-0.2, -0.15) is 0 Å². The van der Waals surface area contributed by atoms with E-state index in [4.69, 9.17) is 23.2 Å². The fourth-order valence-corrected chi connectivity index (χ4v) is 5.63. The molecule has 0 radical (unpaired) electrons. The normalized spacial score (nSPS) is 12.9. The van der Waals surface area contributed by atoms with Crippen LogP contribution in [0.2, 0.25) is 10.0 Å². The van der Waals surface area contributed by atoms with Gasteiger partial charge >= 0.3 is 0 Å². The Hall–Kier alpha value is -3.14. The maximum absolute atomic E-state index is 13.9. The molecule has 3 aromatic rings. The lowest BCUT2D eigenvalue weighted by Crippen LogP contribution is -2.52. The Kier molecular flexibility index (Phi) is 10.4. The van der Waals surface area contributed by atoms with E-state index in [0.29, 0.717) is 12.0 Å². The van der Waals surface area contributed by atoms with E-state index < -0.39 is 40.2 Å². The number of sulfonamides is 1. The van der Waals surface area contributed by atoms with Crippen molar-refractivity contribution >= 4 is 50.7 Å². The Morgan fingerprint density at radius 2 is 1.62 bits per heavy atom. The molecule has 0 aliphatic heterocycles. The largest absolute Gasteiger partial charge is 0.352 e. The summed E-state index contributed by atoms with van der Waals surface area (Å²) in [6.45, 7) is 4.59. The first kappa shape index (κ1) is 30.4. The van der Waals surface area contributed by atoms with Crippen molar-refractivity contribution in [3.05, 3.63) is 94.2 Å². The van der Waals surface area contributed by atoms with Gasteiger partial charge in [0.25, 0.3) is 10.0 Å². The molecule has 0 aromatic heterocycles. The first-order chi connectivity index (χ1) is 18.4. The van der Waals surface area contributed by atoms with Crippen molar-refractivity contribution in [2.24, 2.45) is 0 Å². The van der Waals surface area contributed by atoms with Gasteiger partial charge in [-0.05, 0) is 68.3 Å². The molecule has 0 fully saturated rings. The minimum atomic E-state index is -4.28. The van der Waals surface area contributed by atoms with E-state index in [9.17, 15) is 22.4 Å². The average Bonchev–Trinajstić information content (AvgIpc) is 2.92. The molecule has 39 heavy (non-hydrogen) atoms. The van der Waals surface area contributed by atoms with E-state index in [0.717, 1.165) is 4.31 Å². The third-order valence-electron chi connectivity index (χ3n) is 6.22. The minimum absolute atomic E-state index is 0.0137. The molecule has 1 N–H and O–H groups in total. The Bertz CT molecular complexity index is 1410. The van der Waals surface area contributed by atoms with E-state index in [1.54, 1.807) is 25.1 Å². The molecule has 3 rings (SSSR count). The van der Waals surface area contributed by atoms with E-state index in [1.807, 2.05) is 13.8 Å². The van der Waals surface area contributed by atoms with Crippen molar-refractivity contribution in [2.75, 3.05) is 10.8 Å². The van der Waals surface area contributed by atoms with E-state index in [1.165, 1.54) is 59.5 Å². The summed E-state index contributed by atoms with van der Waals surface area (Å²) >= 11 is 12.6. The summed E-state index contributed by atoms with van der Waals surface area (Å²) in [6.07, 6.45) is 0.681. The summed E-state index contributed by atoms with van der Waals surface area (Å²) in [7, 11) is -4.28. The van der Waals surface area contributed by atoms with Gasteiger partial charge in [0.15, 0.2) is 0 Å². The summed E-state index contributed by atoms with van der Waals surface area (Å²) in [5.74, 6) is -1.52. The molecule has 7 nitrogen and oxygen atoms in total. The smallest absolute Gasteiger partial charge is 0.264 e. The summed E-state index contributed by atoms with van der Waals surface area (Å²) in [5.41, 5.74) is 0.575. The van der Waals surface area contributed by atoms with Crippen molar-refractivity contribution < 1.29 is 22.4 Å². The topological polar surface area (TPSA) is 86.8 Å². The molecule has 0 aliphatic carbocycles. The number of benzene rings is 3. The van der Waals surface area contributed by atoms with Gasteiger partial charge in [-0.25, -0.2) is 12.8 Å². The van der Waals surface area contributed by atoms with Crippen molar-refractivity contribution in [3.63, 3.8) is 0 Å². The SMILES string of the molecule is CC[C@@H](C)NC(=O)[C@H](C)N(Cc1ccc(F)cc1)C(=O)CN(c1cc(Cl)ccc1Cl)S(=O)(=O)c1ccccc1. The molecule has 0 saturated heterocycles. The minimum Gasteiger partial charge on any atom is -0.352 e. The van der Waals surface area contributed by atoms with Crippen molar-refractivity contribution in [3.8, 4) is 0 Å². The second kappa shape index (κ2) is 13.3. The predicted molar refractivity (Wildman–Crippen MR) is 152 cm³/mol. The van der Waals surface area contributed by atoms with Crippen molar-refractivity contribution in [2.45, 2.75) is 50.7 Å². The highest BCUT2D eigenvalue weighted by Crippen LogP contribution is 2.33. The lowest BCUT2D eigenvalue weighted by molar-refractivity contribution is -0.139. The summed E-state index contributed by atoms with van der Waals surface area (Å²) in [4.78, 5) is 28.1. The Balaban J connectivity index is 2.05. The van der Waals surface area contributed by atoms with Crippen LogP contribution >= 0.6 is 23.2 Å². The molecular weight excluding hydrogens is 564 g/mol. The summed E-state index contributed by atoms with van der Waals surface area (Å²) in [5, 5.41) is 3.14. The second-order valence-corrected chi connectivity index (χ2v) is 11.8. The van der Waals surface area contributed by atoms with Crippen LogP contribution in [0.1, 0.15) is 32.8 Å².